The highest BCUT2D eigenvalue weighted by atomic mass is 79.9. The lowest BCUT2D eigenvalue weighted by Gasteiger charge is -2.14. The Balaban J connectivity index is 2.80. The van der Waals surface area contributed by atoms with E-state index >= 15 is 0 Å². The Morgan fingerprint density at radius 1 is 1.44 bits per heavy atom. The van der Waals surface area contributed by atoms with Gasteiger partial charge in [-0.2, -0.15) is 13.2 Å². The molecule has 0 bridgehead atoms. The summed E-state index contributed by atoms with van der Waals surface area (Å²) >= 11 is 3.10. The first-order valence-corrected chi connectivity index (χ1v) is 5.81. The van der Waals surface area contributed by atoms with Crippen molar-refractivity contribution in [3.63, 3.8) is 0 Å². The topological polar surface area (TPSA) is 38.3 Å². The number of carbonyl (C=O) groups excluding carboxylic acids is 1. The third-order valence-electron chi connectivity index (χ3n) is 2.16. The smallest absolute Gasteiger partial charge is 0.418 e. The predicted octanol–water partition coefficient (Wildman–Crippen LogP) is 3.44. The highest BCUT2D eigenvalue weighted by Crippen LogP contribution is 2.36. The highest BCUT2D eigenvalue weighted by molar-refractivity contribution is 9.10. The van der Waals surface area contributed by atoms with Gasteiger partial charge in [0.2, 0.25) is 0 Å². The van der Waals surface area contributed by atoms with Crippen LogP contribution in [0, 0.1) is 0 Å². The van der Waals surface area contributed by atoms with Crippen LogP contribution in [-0.2, 0) is 15.7 Å². The number of nitrogens with one attached hydrogen (secondary N) is 1. The van der Waals surface area contributed by atoms with Gasteiger partial charge < -0.3 is 10.1 Å². The molecule has 0 amide bonds. The van der Waals surface area contributed by atoms with Crippen molar-refractivity contribution >= 4 is 27.6 Å². The van der Waals surface area contributed by atoms with Gasteiger partial charge in [0.1, 0.15) is 0 Å². The fourth-order valence-electron chi connectivity index (χ4n) is 1.31. The number of anilines is 1. The van der Waals surface area contributed by atoms with Crippen LogP contribution in [0.3, 0.4) is 0 Å². The molecule has 0 heterocycles. The van der Waals surface area contributed by atoms with Crippen LogP contribution in [0.5, 0.6) is 0 Å². The molecule has 1 rings (SSSR count). The lowest BCUT2D eigenvalue weighted by Crippen LogP contribution is -2.14. The Labute approximate surface area is 110 Å². The van der Waals surface area contributed by atoms with Crippen molar-refractivity contribution in [3.05, 3.63) is 28.2 Å². The fraction of sp³-hybridized carbons (Fsp3) is 0.364. The van der Waals surface area contributed by atoms with E-state index in [1.165, 1.54) is 19.2 Å². The summed E-state index contributed by atoms with van der Waals surface area (Å²) in [6.45, 7) is 0.0756. The van der Waals surface area contributed by atoms with Crippen LogP contribution in [0.4, 0.5) is 18.9 Å². The first kappa shape index (κ1) is 14.8. The molecular formula is C11H11BrF3NO2. The van der Waals surface area contributed by atoms with E-state index in [0.29, 0.717) is 4.47 Å². The monoisotopic (exact) mass is 325 g/mol. The van der Waals surface area contributed by atoms with Gasteiger partial charge in [0.05, 0.1) is 19.1 Å². The van der Waals surface area contributed by atoms with Crippen molar-refractivity contribution in [2.24, 2.45) is 0 Å². The van der Waals surface area contributed by atoms with Gasteiger partial charge in [-0.3, -0.25) is 4.79 Å². The zero-order valence-corrected chi connectivity index (χ0v) is 11.1. The summed E-state index contributed by atoms with van der Waals surface area (Å²) in [5.41, 5.74) is -0.837. The van der Waals surface area contributed by atoms with Gasteiger partial charge in [-0.15, -0.1) is 0 Å². The largest absolute Gasteiger partial charge is 0.469 e. The molecule has 18 heavy (non-hydrogen) atoms. The van der Waals surface area contributed by atoms with Crippen LogP contribution in [-0.4, -0.2) is 19.6 Å². The Bertz CT molecular complexity index is 435. The van der Waals surface area contributed by atoms with Crippen LogP contribution in [0.2, 0.25) is 0 Å². The molecule has 0 atom stereocenters. The van der Waals surface area contributed by atoms with Gasteiger partial charge in [-0.1, -0.05) is 15.9 Å². The molecule has 0 fully saturated rings. The van der Waals surface area contributed by atoms with E-state index in [0.717, 1.165) is 6.07 Å². The van der Waals surface area contributed by atoms with E-state index in [4.69, 9.17) is 0 Å². The average molecular weight is 326 g/mol. The molecule has 100 valence electrons. The molecular weight excluding hydrogens is 315 g/mol. The quantitative estimate of drug-likeness (QED) is 0.862. The van der Waals surface area contributed by atoms with Gasteiger partial charge >= 0.3 is 12.1 Å². The normalized spacial score (nSPS) is 11.2. The number of hydrogen-bond acceptors (Lipinski definition) is 3. The van der Waals surface area contributed by atoms with Gasteiger partial charge in [0.15, 0.2) is 0 Å². The lowest BCUT2D eigenvalue weighted by atomic mass is 10.1. The summed E-state index contributed by atoms with van der Waals surface area (Å²) in [5, 5.41) is 2.58. The van der Waals surface area contributed by atoms with E-state index in [-0.39, 0.29) is 18.7 Å². The Hall–Kier alpha value is -1.24. The van der Waals surface area contributed by atoms with Crippen LogP contribution in [0.25, 0.3) is 0 Å². The van der Waals surface area contributed by atoms with Gasteiger partial charge in [0, 0.05) is 16.7 Å². The number of carbonyl (C=O) groups is 1. The molecule has 0 unspecified atom stereocenters. The third-order valence-corrected chi connectivity index (χ3v) is 2.65. The summed E-state index contributed by atoms with van der Waals surface area (Å²) in [6.07, 6.45) is -4.44. The minimum atomic E-state index is -4.44. The van der Waals surface area contributed by atoms with Crippen LogP contribution >= 0.6 is 15.9 Å². The minimum absolute atomic E-state index is 0.000308. The maximum atomic E-state index is 12.7. The standard InChI is InChI=1S/C11H11BrF3NO2/c1-18-10(17)4-5-16-9-6-7(12)2-3-8(9)11(13,14)15/h2-3,6,16H,4-5H2,1H3. The lowest BCUT2D eigenvalue weighted by molar-refractivity contribution is -0.140. The van der Waals surface area contributed by atoms with E-state index in [1.807, 2.05) is 0 Å². The zero-order valence-electron chi connectivity index (χ0n) is 9.47. The number of methoxy groups -OCH3 is 1. The summed E-state index contributed by atoms with van der Waals surface area (Å²) < 4.78 is 43.0. The molecule has 1 N–H and O–H groups in total. The number of esters is 1. The van der Waals surface area contributed by atoms with Gasteiger partial charge in [-0.25, -0.2) is 0 Å². The second-order valence-corrected chi connectivity index (χ2v) is 4.36. The Kier molecular flexibility index (Phi) is 5.01. The molecule has 0 saturated carbocycles. The number of benzene rings is 1. The second-order valence-electron chi connectivity index (χ2n) is 3.44. The Morgan fingerprint density at radius 3 is 2.67 bits per heavy atom. The van der Waals surface area contributed by atoms with Crippen molar-refractivity contribution in [3.8, 4) is 0 Å². The third kappa shape index (κ3) is 4.21. The molecule has 1 aromatic carbocycles. The molecule has 0 aromatic heterocycles. The summed E-state index contributed by atoms with van der Waals surface area (Å²) in [5.74, 6) is -0.481. The summed E-state index contributed by atoms with van der Waals surface area (Å²) in [7, 11) is 1.22. The van der Waals surface area contributed by atoms with E-state index in [9.17, 15) is 18.0 Å². The maximum absolute atomic E-state index is 12.7. The highest BCUT2D eigenvalue weighted by Gasteiger charge is 2.33. The van der Waals surface area contributed by atoms with Crippen LogP contribution in [0.15, 0.2) is 22.7 Å². The fourth-order valence-corrected chi connectivity index (χ4v) is 1.67. The summed E-state index contributed by atoms with van der Waals surface area (Å²) in [4.78, 5) is 10.9. The number of rotatable bonds is 4. The van der Waals surface area contributed by atoms with Crippen molar-refractivity contribution in [2.45, 2.75) is 12.6 Å². The number of alkyl halides is 3. The average Bonchev–Trinajstić information content (AvgIpc) is 2.27. The zero-order chi connectivity index (χ0) is 13.8. The second kappa shape index (κ2) is 6.08. The van der Waals surface area contributed by atoms with E-state index in [1.54, 1.807) is 0 Å². The number of ether oxygens (including phenoxy) is 1. The molecule has 7 heteroatoms. The molecule has 0 spiro atoms. The molecule has 3 nitrogen and oxygen atoms in total. The van der Waals surface area contributed by atoms with E-state index < -0.39 is 17.7 Å². The van der Waals surface area contributed by atoms with Gasteiger partial charge in [0.25, 0.3) is 0 Å². The Morgan fingerprint density at radius 2 is 2.11 bits per heavy atom. The van der Waals surface area contributed by atoms with Crippen molar-refractivity contribution in [2.75, 3.05) is 19.0 Å². The molecule has 1 aromatic rings. The molecule has 0 aliphatic carbocycles. The molecule has 0 radical (unpaired) electrons. The number of hydrogen-bond donors (Lipinski definition) is 1. The first-order chi connectivity index (χ1) is 8.34. The van der Waals surface area contributed by atoms with Crippen molar-refractivity contribution < 1.29 is 22.7 Å². The first-order valence-electron chi connectivity index (χ1n) is 5.02. The minimum Gasteiger partial charge on any atom is -0.469 e. The van der Waals surface area contributed by atoms with Crippen LogP contribution < -0.4 is 5.32 Å². The van der Waals surface area contributed by atoms with E-state index in [2.05, 4.69) is 26.0 Å². The molecule has 0 aliphatic rings. The summed E-state index contributed by atoms with van der Waals surface area (Å²) in [6, 6.07) is 3.61. The maximum Gasteiger partial charge on any atom is 0.418 e. The van der Waals surface area contributed by atoms with Crippen molar-refractivity contribution in [1.29, 1.82) is 0 Å². The van der Waals surface area contributed by atoms with Crippen LogP contribution in [0.1, 0.15) is 12.0 Å². The SMILES string of the molecule is COC(=O)CCNc1cc(Br)ccc1C(F)(F)F. The van der Waals surface area contributed by atoms with Gasteiger partial charge in [-0.05, 0) is 18.2 Å². The number of halogens is 4. The van der Waals surface area contributed by atoms with Crippen molar-refractivity contribution in [1.82, 2.24) is 0 Å². The molecule has 0 aliphatic heterocycles. The predicted molar refractivity (Wildman–Crippen MR) is 64.3 cm³/mol. The molecule has 0 saturated heterocycles.